The Kier molecular flexibility index (Phi) is 10.4. The van der Waals surface area contributed by atoms with Gasteiger partial charge in [0.1, 0.15) is 11.8 Å². The number of nitrogens with two attached hydrogens (primary N) is 2. The predicted molar refractivity (Wildman–Crippen MR) is 136 cm³/mol. The number of hydrogen-bond acceptors (Lipinski definition) is 7. The van der Waals surface area contributed by atoms with Gasteiger partial charge in [0.15, 0.2) is 15.8 Å². The summed E-state index contributed by atoms with van der Waals surface area (Å²) in [6.45, 7) is -0.584. The van der Waals surface area contributed by atoms with Gasteiger partial charge < -0.3 is 21.9 Å². The number of carbonyl (C=O) groups is 2. The number of nitrogens with one attached hydrogen (secondary N) is 2. The van der Waals surface area contributed by atoms with E-state index in [4.69, 9.17) is 45.2 Å². The molecule has 0 aliphatic rings. The Labute approximate surface area is 226 Å². The fourth-order valence-corrected chi connectivity index (χ4v) is 5.08. The minimum Gasteiger partial charge on any atom is -0.480 e. The quantitative estimate of drug-likeness (QED) is 0.193. The van der Waals surface area contributed by atoms with Crippen molar-refractivity contribution in [2.24, 2.45) is 11.5 Å². The average molecular weight is 598 g/mol. The zero-order valence-corrected chi connectivity index (χ0v) is 21.9. The van der Waals surface area contributed by atoms with E-state index in [0.29, 0.717) is 16.5 Å². The van der Waals surface area contributed by atoms with E-state index in [1.54, 1.807) is 0 Å². The number of carboxylic acids is 1. The number of guanidine groups is 1. The van der Waals surface area contributed by atoms with E-state index >= 15 is 0 Å². The number of hydrogen-bond donors (Lipinski definition) is 5. The lowest BCUT2D eigenvalue weighted by molar-refractivity contribution is -0.139. The summed E-state index contributed by atoms with van der Waals surface area (Å²) in [5.41, 5.74) is 9.11. The number of rotatable bonds is 11. The molecular formula is C22H24Cl2F3N5O5S. The molecule has 1 amide bonds. The summed E-state index contributed by atoms with van der Waals surface area (Å²) >= 11 is 11.8. The average Bonchev–Trinajstić information content (AvgIpc) is 2.80. The smallest absolute Gasteiger partial charge is 0.418 e. The molecule has 0 fully saturated rings. The number of aliphatic carboxylic acids is 1. The molecule has 0 aliphatic heterocycles. The number of carbonyl (C=O) groups excluding carboxylic acids is 1. The van der Waals surface area contributed by atoms with Gasteiger partial charge in [-0.2, -0.15) is 13.2 Å². The van der Waals surface area contributed by atoms with E-state index in [0.717, 1.165) is 12.1 Å². The van der Waals surface area contributed by atoms with Crippen molar-refractivity contribution in [2.45, 2.75) is 36.5 Å². The Morgan fingerprint density at radius 1 is 1.16 bits per heavy atom. The van der Waals surface area contributed by atoms with Gasteiger partial charge in [0.2, 0.25) is 5.91 Å². The van der Waals surface area contributed by atoms with Gasteiger partial charge in [0.05, 0.1) is 26.2 Å². The molecule has 0 bridgehead atoms. The third-order valence-electron chi connectivity index (χ3n) is 5.24. The largest absolute Gasteiger partial charge is 0.480 e. The lowest BCUT2D eigenvalue weighted by atomic mass is 10.1. The maximum absolute atomic E-state index is 13.8. The van der Waals surface area contributed by atoms with Gasteiger partial charge in [-0.05, 0) is 42.7 Å². The van der Waals surface area contributed by atoms with Crippen LogP contribution in [-0.2, 0) is 32.1 Å². The Morgan fingerprint density at radius 3 is 2.37 bits per heavy atom. The van der Waals surface area contributed by atoms with Gasteiger partial charge in [-0.1, -0.05) is 35.3 Å². The third kappa shape index (κ3) is 8.21. The van der Waals surface area contributed by atoms with Crippen LogP contribution in [0.25, 0.3) is 0 Å². The molecule has 10 nitrogen and oxygen atoms in total. The van der Waals surface area contributed by atoms with Crippen LogP contribution in [0.1, 0.15) is 24.0 Å². The fourth-order valence-electron chi connectivity index (χ4n) is 3.34. The van der Waals surface area contributed by atoms with E-state index in [9.17, 15) is 31.2 Å². The summed E-state index contributed by atoms with van der Waals surface area (Å²) in [7, 11) is -4.70. The summed E-state index contributed by atoms with van der Waals surface area (Å²) < 4.78 is 67.6. The standard InChI is InChI=1S/C22H24Cl2F3N5O5S/c23-14-7-6-12(9-15(14)24)10-31-19-13(22(25,26)27)3-1-5-17(19)38(36,37)11-18(33)32(21(29)30)8-2-4-16(28)20(34)35/h1,3,5-7,9,16,31H,2,4,8,10-11,28H2,(H3,29,30)(H,34,35). The monoisotopic (exact) mass is 597 g/mol. The summed E-state index contributed by atoms with van der Waals surface area (Å²) in [4.78, 5) is 23.4. The van der Waals surface area contributed by atoms with Crippen LogP contribution in [-0.4, -0.2) is 54.6 Å². The number of para-hydroxylation sites is 1. The van der Waals surface area contributed by atoms with Gasteiger partial charge in [-0.25, -0.2) is 8.42 Å². The zero-order chi connectivity index (χ0) is 28.8. The fraction of sp³-hybridized carbons (Fsp3) is 0.318. The lowest BCUT2D eigenvalue weighted by Gasteiger charge is -2.22. The van der Waals surface area contributed by atoms with Gasteiger partial charge in [-0.3, -0.25) is 19.9 Å². The second-order valence-electron chi connectivity index (χ2n) is 8.06. The van der Waals surface area contributed by atoms with Crippen LogP contribution >= 0.6 is 23.2 Å². The maximum Gasteiger partial charge on any atom is 0.418 e. The van der Waals surface area contributed by atoms with Crippen molar-refractivity contribution in [1.29, 1.82) is 5.41 Å². The van der Waals surface area contributed by atoms with E-state index in [1.165, 1.54) is 18.2 Å². The Hall–Kier alpha value is -3.07. The first-order chi connectivity index (χ1) is 17.5. The van der Waals surface area contributed by atoms with Crippen LogP contribution < -0.4 is 16.8 Å². The van der Waals surface area contributed by atoms with Crippen molar-refractivity contribution in [3.8, 4) is 0 Å². The van der Waals surface area contributed by atoms with Crippen LogP contribution in [0.4, 0.5) is 18.9 Å². The van der Waals surface area contributed by atoms with E-state index in [-0.39, 0.29) is 36.0 Å². The molecule has 2 aromatic carbocycles. The molecule has 0 aliphatic carbocycles. The van der Waals surface area contributed by atoms with Crippen LogP contribution in [0.2, 0.25) is 10.0 Å². The number of nitrogens with zero attached hydrogens (tertiary/aromatic N) is 1. The Balaban J connectivity index is 2.36. The van der Waals surface area contributed by atoms with Gasteiger partial charge in [0, 0.05) is 13.1 Å². The molecule has 0 saturated carbocycles. The molecule has 0 saturated heterocycles. The van der Waals surface area contributed by atoms with Crippen LogP contribution in [0.3, 0.4) is 0 Å². The number of benzene rings is 2. The van der Waals surface area contributed by atoms with Crippen molar-refractivity contribution >= 4 is 56.6 Å². The van der Waals surface area contributed by atoms with Crippen LogP contribution in [0.15, 0.2) is 41.3 Å². The highest BCUT2D eigenvalue weighted by molar-refractivity contribution is 7.92. The van der Waals surface area contributed by atoms with E-state index in [2.05, 4.69) is 5.32 Å². The first kappa shape index (κ1) is 31.1. The molecule has 16 heteroatoms. The highest BCUT2D eigenvalue weighted by atomic mass is 35.5. The molecular weight excluding hydrogens is 574 g/mol. The number of alkyl halides is 3. The number of sulfone groups is 1. The van der Waals surface area contributed by atoms with Crippen molar-refractivity contribution in [2.75, 3.05) is 17.6 Å². The number of halogens is 5. The molecule has 208 valence electrons. The first-order valence-electron chi connectivity index (χ1n) is 10.8. The predicted octanol–water partition coefficient (Wildman–Crippen LogP) is 3.31. The topological polar surface area (TPSA) is 180 Å². The number of amides is 1. The minimum absolute atomic E-state index is 0.0289. The SMILES string of the molecule is N=C(N)N(CCCC(N)C(=O)O)C(=O)CS(=O)(=O)c1cccc(C(F)(F)F)c1NCc1ccc(Cl)c(Cl)c1. The van der Waals surface area contributed by atoms with Gasteiger partial charge in [-0.15, -0.1) is 0 Å². The zero-order valence-electron chi connectivity index (χ0n) is 19.6. The first-order valence-corrected chi connectivity index (χ1v) is 13.2. The molecule has 38 heavy (non-hydrogen) atoms. The molecule has 0 aromatic heterocycles. The van der Waals surface area contributed by atoms with Gasteiger partial charge >= 0.3 is 12.1 Å². The Bertz CT molecular complexity index is 1320. The van der Waals surface area contributed by atoms with Crippen molar-refractivity contribution in [1.82, 2.24) is 4.90 Å². The van der Waals surface area contributed by atoms with Crippen LogP contribution in [0, 0.1) is 5.41 Å². The minimum atomic E-state index is -4.94. The number of anilines is 1. The van der Waals surface area contributed by atoms with Crippen LogP contribution in [0.5, 0.6) is 0 Å². The number of carboxylic acid groups (broad SMARTS) is 1. The summed E-state index contributed by atoms with van der Waals surface area (Å²) in [5, 5.41) is 19.3. The van der Waals surface area contributed by atoms with Gasteiger partial charge in [0.25, 0.3) is 0 Å². The third-order valence-corrected chi connectivity index (χ3v) is 7.62. The molecule has 1 unspecified atom stereocenters. The molecule has 2 aromatic rings. The van der Waals surface area contributed by atoms with E-state index < -0.39 is 61.8 Å². The summed E-state index contributed by atoms with van der Waals surface area (Å²) in [6, 6.07) is 5.54. The van der Waals surface area contributed by atoms with Crippen molar-refractivity contribution < 1.29 is 36.3 Å². The molecule has 1 atom stereocenters. The lowest BCUT2D eigenvalue weighted by Crippen LogP contribution is -2.45. The second kappa shape index (κ2) is 12.7. The maximum atomic E-state index is 13.8. The van der Waals surface area contributed by atoms with Crippen molar-refractivity contribution in [3.05, 3.63) is 57.6 Å². The van der Waals surface area contributed by atoms with Crippen molar-refractivity contribution in [3.63, 3.8) is 0 Å². The molecule has 7 N–H and O–H groups in total. The summed E-state index contributed by atoms with van der Waals surface area (Å²) in [5.74, 6) is -4.61. The van der Waals surface area contributed by atoms with E-state index in [1.807, 2.05) is 0 Å². The molecule has 0 radical (unpaired) electrons. The second-order valence-corrected chi connectivity index (χ2v) is 10.8. The molecule has 0 spiro atoms. The molecule has 0 heterocycles. The highest BCUT2D eigenvalue weighted by Crippen LogP contribution is 2.39. The normalized spacial score (nSPS) is 12.6. The Morgan fingerprint density at radius 2 is 1.82 bits per heavy atom. The molecule has 2 rings (SSSR count). The summed E-state index contributed by atoms with van der Waals surface area (Å²) in [6.07, 6.45) is -5.07. The highest BCUT2D eigenvalue weighted by Gasteiger charge is 2.37.